The standard InChI is InChI=1S/C15H19ClO2/c1-11(2)18-15(17)12(3)5-4-6-13-7-9-14(16)10-8-13/h7-11H,3-6H2,1-2H3. The van der Waals surface area contributed by atoms with E-state index < -0.39 is 0 Å². The molecule has 0 spiro atoms. The van der Waals surface area contributed by atoms with E-state index >= 15 is 0 Å². The molecule has 1 aromatic rings. The molecule has 3 heteroatoms. The van der Waals surface area contributed by atoms with E-state index in [1.54, 1.807) is 0 Å². The van der Waals surface area contributed by atoms with E-state index in [2.05, 4.69) is 6.58 Å². The second kappa shape index (κ2) is 7.22. The number of ether oxygens (including phenoxy) is 1. The Hall–Kier alpha value is -1.28. The third-order valence-corrected chi connectivity index (χ3v) is 2.74. The molecule has 0 bridgehead atoms. The second-order valence-electron chi connectivity index (χ2n) is 4.54. The van der Waals surface area contributed by atoms with E-state index in [4.69, 9.17) is 16.3 Å². The van der Waals surface area contributed by atoms with Gasteiger partial charge in [0.15, 0.2) is 0 Å². The maximum atomic E-state index is 11.5. The Balaban J connectivity index is 2.31. The Morgan fingerprint density at radius 1 is 1.33 bits per heavy atom. The van der Waals surface area contributed by atoms with E-state index in [0.717, 1.165) is 17.9 Å². The van der Waals surface area contributed by atoms with Gasteiger partial charge in [0.1, 0.15) is 0 Å². The molecule has 0 aliphatic carbocycles. The van der Waals surface area contributed by atoms with Crippen molar-refractivity contribution >= 4 is 17.6 Å². The van der Waals surface area contributed by atoms with Gasteiger partial charge in [-0.15, -0.1) is 0 Å². The molecule has 0 aliphatic rings. The molecule has 0 unspecified atom stereocenters. The zero-order chi connectivity index (χ0) is 13.5. The van der Waals surface area contributed by atoms with Gasteiger partial charge in [-0.05, 0) is 50.8 Å². The van der Waals surface area contributed by atoms with Crippen LogP contribution in [-0.2, 0) is 16.0 Å². The van der Waals surface area contributed by atoms with Crippen molar-refractivity contribution in [2.75, 3.05) is 0 Å². The average molecular weight is 267 g/mol. The number of rotatable bonds is 6. The molecule has 1 aromatic carbocycles. The maximum Gasteiger partial charge on any atom is 0.333 e. The van der Waals surface area contributed by atoms with Crippen molar-refractivity contribution < 1.29 is 9.53 Å². The SMILES string of the molecule is C=C(CCCc1ccc(Cl)cc1)C(=O)OC(C)C. The summed E-state index contributed by atoms with van der Waals surface area (Å²) in [5.41, 5.74) is 1.75. The molecule has 0 N–H and O–H groups in total. The number of hydrogen-bond donors (Lipinski definition) is 0. The number of carbonyl (C=O) groups is 1. The van der Waals surface area contributed by atoms with Crippen LogP contribution in [0.1, 0.15) is 32.3 Å². The van der Waals surface area contributed by atoms with Gasteiger partial charge in [-0.25, -0.2) is 4.79 Å². The van der Waals surface area contributed by atoms with Gasteiger partial charge in [-0.3, -0.25) is 0 Å². The topological polar surface area (TPSA) is 26.3 Å². The van der Waals surface area contributed by atoms with Crippen molar-refractivity contribution in [2.45, 2.75) is 39.2 Å². The molecule has 0 aromatic heterocycles. The summed E-state index contributed by atoms with van der Waals surface area (Å²) < 4.78 is 5.07. The van der Waals surface area contributed by atoms with E-state index in [0.29, 0.717) is 12.0 Å². The predicted octanol–water partition coefficient (Wildman–Crippen LogP) is 4.17. The normalized spacial score (nSPS) is 10.4. The molecular weight excluding hydrogens is 248 g/mol. The predicted molar refractivity (Wildman–Crippen MR) is 74.8 cm³/mol. The van der Waals surface area contributed by atoms with Crippen LogP contribution in [0.15, 0.2) is 36.4 Å². The van der Waals surface area contributed by atoms with Crippen LogP contribution < -0.4 is 0 Å². The number of carbonyl (C=O) groups excluding carboxylic acids is 1. The first-order valence-corrected chi connectivity index (χ1v) is 6.50. The van der Waals surface area contributed by atoms with Crippen LogP contribution in [0.3, 0.4) is 0 Å². The largest absolute Gasteiger partial charge is 0.460 e. The van der Waals surface area contributed by atoms with Gasteiger partial charge in [-0.2, -0.15) is 0 Å². The lowest BCUT2D eigenvalue weighted by molar-refractivity contribution is -0.142. The van der Waals surface area contributed by atoms with E-state index in [1.807, 2.05) is 38.1 Å². The first kappa shape index (κ1) is 14.8. The molecule has 1 rings (SSSR count). The molecule has 0 aliphatic heterocycles. The van der Waals surface area contributed by atoms with Gasteiger partial charge in [0, 0.05) is 10.6 Å². The zero-order valence-corrected chi connectivity index (χ0v) is 11.7. The van der Waals surface area contributed by atoms with Crippen LogP contribution in [0.4, 0.5) is 0 Å². The summed E-state index contributed by atoms with van der Waals surface area (Å²) in [5, 5.41) is 0.740. The molecule has 0 saturated heterocycles. The lowest BCUT2D eigenvalue weighted by Gasteiger charge is -2.09. The quantitative estimate of drug-likeness (QED) is 0.571. The number of hydrogen-bond acceptors (Lipinski definition) is 2. The smallest absolute Gasteiger partial charge is 0.333 e. The minimum absolute atomic E-state index is 0.0921. The fraction of sp³-hybridized carbons (Fsp3) is 0.400. The lowest BCUT2D eigenvalue weighted by Crippen LogP contribution is -2.13. The number of aryl methyl sites for hydroxylation is 1. The Kier molecular flexibility index (Phi) is 5.93. The lowest BCUT2D eigenvalue weighted by atomic mass is 10.1. The van der Waals surface area contributed by atoms with Crippen molar-refractivity contribution in [3.05, 3.63) is 47.0 Å². The summed E-state index contributed by atoms with van der Waals surface area (Å²) in [7, 11) is 0. The summed E-state index contributed by atoms with van der Waals surface area (Å²) in [4.78, 5) is 11.5. The van der Waals surface area contributed by atoms with Crippen LogP contribution in [0.2, 0.25) is 5.02 Å². The Morgan fingerprint density at radius 2 is 1.94 bits per heavy atom. The second-order valence-corrected chi connectivity index (χ2v) is 4.97. The molecule has 0 amide bonds. The molecule has 0 heterocycles. The van der Waals surface area contributed by atoms with Crippen LogP contribution in [0.25, 0.3) is 0 Å². The highest BCUT2D eigenvalue weighted by Gasteiger charge is 2.09. The van der Waals surface area contributed by atoms with Gasteiger partial charge >= 0.3 is 5.97 Å². The number of benzene rings is 1. The van der Waals surface area contributed by atoms with Crippen LogP contribution in [0.5, 0.6) is 0 Å². The molecule has 0 fully saturated rings. The minimum atomic E-state index is -0.291. The highest BCUT2D eigenvalue weighted by atomic mass is 35.5. The average Bonchev–Trinajstić information content (AvgIpc) is 2.30. The molecule has 18 heavy (non-hydrogen) atoms. The van der Waals surface area contributed by atoms with Gasteiger partial charge in [-0.1, -0.05) is 30.3 Å². The maximum absolute atomic E-state index is 11.5. The zero-order valence-electron chi connectivity index (χ0n) is 10.9. The first-order chi connectivity index (χ1) is 8.49. The Morgan fingerprint density at radius 3 is 2.50 bits per heavy atom. The summed E-state index contributed by atoms with van der Waals surface area (Å²) in [6, 6.07) is 7.74. The van der Waals surface area contributed by atoms with Gasteiger partial charge in [0.05, 0.1) is 6.10 Å². The van der Waals surface area contributed by atoms with Gasteiger partial charge in [0.25, 0.3) is 0 Å². The summed E-state index contributed by atoms with van der Waals surface area (Å²) in [6.45, 7) is 7.42. The fourth-order valence-corrected chi connectivity index (χ4v) is 1.68. The van der Waals surface area contributed by atoms with E-state index in [1.165, 1.54) is 5.56 Å². The Bertz CT molecular complexity index is 407. The van der Waals surface area contributed by atoms with Crippen LogP contribution in [-0.4, -0.2) is 12.1 Å². The van der Waals surface area contributed by atoms with Gasteiger partial charge in [0.2, 0.25) is 0 Å². The molecular formula is C15H19ClO2. The van der Waals surface area contributed by atoms with E-state index in [-0.39, 0.29) is 12.1 Å². The summed E-state index contributed by atoms with van der Waals surface area (Å²) in [5.74, 6) is -0.291. The Labute approximate surface area is 114 Å². The monoisotopic (exact) mass is 266 g/mol. The highest BCUT2D eigenvalue weighted by molar-refractivity contribution is 6.30. The number of esters is 1. The first-order valence-electron chi connectivity index (χ1n) is 6.12. The summed E-state index contributed by atoms with van der Waals surface area (Å²) >= 11 is 5.81. The van der Waals surface area contributed by atoms with Crippen molar-refractivity contribution in [1.82, 2.24) is 0 Å². The minimum Gasteiger partial charge on any atom is -0.460 e. The van der Waals surface area contributed by atoms with Crippen molar-refractivity contribution in [2.24, 2.45) is 0 Å². The van der Waals surface area contributed by atoms with Crippen molar-refractivity contribution in [1.29, 1.82) is 0 Å². The van der Waals surface area contributed by atoms with Gasteiger partial charge < -0.3 is 4.74 Å². The summed E-state index contributed by atoms with van der Waals surface area (Å²) in [6.07, 6.45) is 2.36. The van der Waals surface area contributed by atoms with Crippen molar-refractivity contribution in [3.63, 3.8) is 0 Å². The fourth-order valence-electron chi connectivity index (χ4n) is 1.56. The molecule has 2 nitrogen and oxygen atoms in total. The van der Waals surface area contributed by atoms with Crippen LogP contribution >= 0.6 is 11.6 Å². The molecule has 98 valence electrons. The number of halogens is 1. The third kappa shape index (κ3) is 5.37. The molecule has 0 atom stereocenters. The molecule has 0 radical (unpaired) electrons. The van der Waals surface area contributed by atoms with E-state index in [9.17, 15) is 4.79 Å². The highest BCUT2D eigenvalue weighted by Crippen LogP contribution is 2.14. The van der Waals surface area contributed by atoms with Crippen LogP contribution in [0, 0.1) is 0 Å². The third-order valence-electron chi connectivity index (χ3n) is 2.49. The molecule has 0 saturated carbocycles. The van der Waals surface area contributed by atoms with Crippen molar-refractivity contribution in [3.8, 4) is 0 Å².